The zero-order valence-corrected chi connectivity index (χ0v) is 18.4. The molecule has 0 spiro atoms. The molecule has 0 radical (unpaired) electrons. The van der Waals surface area contributed by atoms with Crippen molar-refractivity contribution < 1.29 is 0 Å². The first kappa shape index (κ1) is 22.4. The third-order valence-electron chi connectivity index (χ3n) is 5.25. The highest BCUT2D eigenvalue weighted by Crippen LogP contribution is 2.16. The number of rotatable bonds is 8. The molecule has 5 nitrogen and oxygen atoms in total. The number of nitrogens with zero attached hydrogens (tertiary/aromatic N) is 2. The monoisotopic (exact) mass is 385 g/mol. The first-order valence-corrected chi connectivity index (χ1v) is 10.5. The molecule has 1 atom stereocenters. The van der Waals surface area contributed by atoms with Gasteiger partial charge >= 0.3 is 0 Å². The Kier molecular flexibility index (Phi) is 8.52. The van der Waals surface area contributed by atoms with E-state index in [1.807, 2.05) is 7.05 Å². The Balaban J connectivity index is 1.77. The number of hydrogen-bond acceptors (Lipinski definition) is 3. The zero-order valence-electron chi connectivity index (χ0n) is 18.4. The van der Waals surface area contributed by atoms with Crippen LogP contribution in [-0.2, 0) is 0 Å². The van der Waals surface area contributed by atoms with Crippen LogP contribution >= 0.6 is 0 Å². The molecular weight excluding hydrogens is 346 g/mol. The van der Waals surface area contributed by atoms with Crippen molar-refractivity contribution >= 4 is 5.96 Å². The summed E-state index contributed by atoms with van der Waals surface area (Å²) in [7, 11) is 1.85. The molecule has 1 unspecified atom stereocenters. The van der Waals surface area contributed by atoms with Crippen molar-refractivity contribution in [3.8, 4) is 0 Å². The number of guanidine groups is 1. The summed E-state index contributed by atoms with van der Waals surface area (Å²) in [5.41, 5.74) is 2.49. The molecule has 2 rings (SSSR count). The number of piperidine rings is 1. The van der Waals surface area contributed by atoms with Crippen molar-refractivity contribution in [3.05, 3.63) is 48.0 Å². The van der Waals surface area contributed by atoms with Crippen molar-refractivity contribution in [2.24, 2.45) is 4.99 Å². The van der Waals surface area contributed by atoms with Crippen LogP contribution in [0.2, 0.25) is 0 Å². The van der Waals surface area contributed by atoms with Crippen LogP contribution in [0.1, 0.15) is 52.1 Å². The van der Waals surface area contributed by atoms with Gasteiger partial charge in [0.2, 0.25) is 0 Å². The average Bonchev–Trinajstić information content (AvgIpc) is 2.66. The fourth-order valence-electron chi connectivity index (χ4n) is 3.77. The average molecular weight is 386 g/mol. The normalized spacial score (nSPS) is 18.0. The van der Waals surface area contributed by atoms with Crippen LogP contribution < -0.4 is 16.0 Å². The Morgan fingerprint density at radius 1 is 1.25 bits per heavy atom. The Bertz CT molecular complexity index is 630. The van der Waals surface area contributed by atoms with Gasteiger partial charge in [-0.3, -0.25) is 9.89 Å². The van der Waals surface area contributed by atoms with Gasteiger partial charge in [-0.1, -0.05) is 42.5 Å². The first-order valence-electron chi connectivity index (χ1n) is 10.5. The van der Waals surface area contributed by atoms with Gasteiger partial charge in [0.15, 0.2) is 5.96 Å². The highest BCUT2D eigenvalue weighted by molar-refractivity contribution is 5.80. The first-order chi connectivity index (χ1) is 13.3. The molecule has 3 N–H and O–H groups in total. The minimum absolute atomic E-state index is 0.0578. The molecule has 28 heavy (non-hydrogen) atoms. The summed E-state index contributed by atoms with van der Waals surface area (Å²) in [6.45, 7) is 16.8. The molecule has 1 fully saturated rings. The lowest BCUT2D eigenvalue weighted by atomic mass is 10.0. The summed E-state index contributed by atoms with van der Waals surface area (Å²) >= 11 is 0. The summed E-state index contributed by atoms with van der Waals surface area (Å²) in [6.07, 6.45) is 2.28. The topological polar surface area (TPSA) is 51.7 Å². The fraction of sp³-hybridized carbons (Fsp3) is 0.609. The van der Waals surface area contributed by atoms with E-state index in [0.29, 0.717) is 12.1 Å². The predicted molar refractivity (Wildman–Crippen MR) is 121 cm³/mol. The second-order valence-corrected chi connectivity index (χ2v) is 8.74. The Morgan fingerprint density at radius 2 is 1.89 bits per heavy atom. The van der Waals surface area contributed by atoms with Gasteiger partial charge in [0, 0.05) is 50.8 Å². The van der Waals surface area contributed by atoms with Crippen LogP contribution in [0.3, 0.4) is 0 Å². The van der Waals surface area contributed by atoms with E-state index < -0.39 is 0 Å². The number of likely N-dealkylation sites (tertiary alicyclic amines) is 1. The molecule has 1 aliphatic rings. The molecule has 0 bridgehead atoms. The molecule has 1 aromatic carbocycles. The van der Waals surface area contributed by atoms with Gasteiger partial charge in [0.05, 0.1) is 0 Å². The molecule has 1 aliphatic heterocycles. The van der Waals surface area contributed by atoms with Crippen LogP contribution in [0, 0.1) is 0 Å². The third kappa shape index (κ3) is 7.64. The van der Waals surface area contributed by atoms with E-state index in [9.17, 15) is 0 Å². The molecule has 0 saturated carbocycles. The van der Waals surface area contributed by atoms with Gasteiger partial charge in [-0.2, -0.15) is 0 Å². The standard InChI is InChI=1S/C23H39N5/c1-18(2)16-28-14-12-21(13-15-28)26-22(24-6)25-17-23(4,5)27-19(3)20-10-8-7-9-11-20/h7-11,19,21,27H,1,12-17H2,2-6H3,(H2,24,25,26). The van der Waals surface area contributed by atoms with E-state index in [0.717, 1.165) is 45.0 Å². The van der Waals surface area contributed by atoms with Gasteiger partial charge in [0.25, 0.3) is 0 Å². The lowest BCUT2D eigenvalue weighted by Crippen LogP contribution is -2.54. The van der Waals surface area contributed by atoms with Crippen molar-refractivity contribution in [2.75, 3.05) is 33.2 Å². The van der Waals surface area contributed by atoms with Crippen molar-refractivity contribution in [1.29, 1.82) is 0 Å². The lowest BCUT2D eigenvalue weighted by molar-refractivity contribution is 0.220. The maximum absolute atomic E-state index is 4.43. The minimum Gasteiger partial charge on any atom is -0.355 e. The quantitative estimate of drug-likeness (QED) is 0.365. The summed E-state index contributed by atoms with van der Waals surface area (Å²) < 4.78 is 0. The number of hydrogen-bond donors (Lipinski definition) is 3. The van der Waals surface area contributed by atoms with E-state index in [1.165, 1.54) is 11.1 Å². The maximum Gasteiger partial charge on any atom is 0.191 e. The van der Waals surface area contributed by atoms with Crippen molar-refractivity contribution in [1.82, 2.24) is 20.9 Å². The molecule has 0 amide bonds. The largest absolute Gasteiger partial charge is 0.355 e. The highest BCUT2D eigenvalue weighted by atomic mass is 15.2. The molecule has 0 aliphatic carbocycles. The Morgan fingerprint density at radius 3 is 2.46 bits per heavy atom. The smallest absolute Gasteiger partial charge is 0.191 e. The second kappa shape index (κ2) is 10.6. The van der Waals surface area contributed by atoms with Crippen molar-refractivity contribution in [2.45, 2.75) is 58.2 Å². The van der Waals surface area contributed by atoms with E-state index >= 15 is 0 Å². The van der Waals surface area contributed by atoms with E-state index in [-0.39, 0.29) is 5.54 Å². The third-order valence-corrected chi connectivity index (χ3v) is 5.25. The minimum atomic E-state index is -0.0578. The van der Waals surface area contributed by atoms with Crippen LogP contribution in [0.25, 0.3) is 0 Å². The summed E-state index contributed by atoms with van der Waals surface area (Å²) in [6, 6.07) is 11.3. The van der Waals surface area contributed by atoms with Gasteiger partial charge in [-0.15, -0.1) is 0 Å². The molecular formula is C23H39N5. The molecule has 1 aromatic rings. The number of benzene rings is 1. The van der Waals surface area contributed by atoms with Gasteiger partial charge in [-0.25, -0.2) is 0 Å². The van der Waals surface area contributed by atoms with Crippen LogP contribution in [0.15, 0.2) is 47.5 Å². The summed E-state index contributed by atoms with van der Waals surface area (Å²) in [5, 5.41) is 10.8. The number of aliphatic imine (C=N–C) groups is 1. The molecule has 1 heterocycles. The Hall–Kier alpha value is -1.85. The van der Waals surface area contributed by atoms with Gasteiger partial charge < -0.3 is 16.0 Å². The second-order valence-electron chi connectivity index (χ2n) is 8.74. The fourth-order valence-corrected chi connectivity index (χ4v) is 3.77. The maximum atomic E-state index is 4.43. The summed E-state index contributed by atoms with van der Waals surface area (Å²) in [5.74, 6) is 0.889. The van der Waals surface area contributed by atoms with Crippen LogP contribution in [-0.4, -0.2) is 55.7 Å². The number of nitrogens with one attached hydrogen (secondary N) is 3. The SMILES string of the molecule is C=C(C)CN1CCC(NC(=NC)NCC(C)(C)NC(C)c2ccccc2)CC1. The molecule has 5 heteroatoms. The summed E-state index contributed by atoms with van der Waals surface area (Å²) in [4.78, 5) is 6.91. The zero-order chi connectivity index (χ0) is 20.6. The Labute approximate surface area is 171 Å². The van der Waals surface area contributed by atoms with E-state index in [4.69, 9.17) is 0 Å². The van der Waals surface area contributed by atoms with E-state index in [2.05, 4.69) is 90.4 Å². The van der Waals surface area contributed by atoms with Crippen LogP contribution in [0.5, 0.6) is 0 Å². The van der Waals surface area contributed by atoms with Crippen molar-refractivity contribution in [3.63, 3.8) is 0 Å². The van der Waals surface area contributed by atoms with Gasteiger partial charge in [-0.05, 0) is 46.1 Å². The molecule has 156 valence electrons. The van der Waals surface area contributed by atoms with Gasteiger partial charge in [0.1, 0.15) is 0 Å². The lowest BCUT2D eigenvalue weighted by Gasteiger charge is -2.34. The molecule has 0 aromatic heterocycles. The highest BCUT2D eigenvalue weighted by Gasteiger charge is 2.23. The molecule has 1 saturated heterocycles. The van der Waals surface area contributed by atoms with E-state index in [1.54, 1.807) is 0 Å². The predicted octanol–water partition coefficient (Wildman–Crippen LogP) is 3.32. The van der Waals surface area contributed by atoms with Crippen LogP contribution in [0.4, 0.5) is 0 Å².